The van der Waals surface area contributed by atoms with Gasteiger partial charge in [0.05, 0.1) is 29.8 Å². The number of likely N-dealkylation sites (tertiary alicyclic amines) is 1. The molecule has 0 radical (unpaired) electrons. The first kappa shape index (κ1) is 19.5. The number of ether oxygens (including phenoxy) is 2. The first-order valence-electron chi connectivity index (χ1n) is 8.08. The van der Waals surface area contributed by atoms with Crippen LogP contribution in [0.1, 0.15) is 24.2 Å². The molecule has 1 fully saturated rings. The zero-order chi connectivity index (χ0) is 18.6. The van der Waals surface area contributed by atoms with E-state index in [9.17, 15) is 9.59 Å². The molecular formula is C17H24ClN3O4. The lowest BCUT2D eigenvalue weighted by Gasteiger charge is -2.20. The molecule has 25 heavy (non-hydrogen) atoms. The smallest absolute Gasteiger partial charge is 0.339 e. The number of carbonyl (C=O) groups excluding carboxylic acids is 2. The lowest BCUT2D eigenvalue weighted by molar-refractivity contribution is 0.0601. The van der Waals surface area contributed by atoms with Crippen LogP contribution in [0.15, 0.2) is 18.2 Å². The van der Waals surface area contributed by atoms with Gasteiger partial charge in [-0.2, -0.15) is 0 Å². The first-order valence-corrected chi connectivity index (χ1v) is 8.45. The number of amides is 2. The maximum Gasteiger partial charge on any atom is 0.339 e. The Labute approximate surface area is 152 Å². The zero-order valence-corrected chi connectivity index (χ0v) is 15.6. The van der Waals surface area contributed by atoms with Crippen molar-refractivity contribution in [1.29, 1.82) is 0 Å². The van der Waals surface area contributed by atoms with Gasteiger partial charge in [0.25, 0.3) is 0 Å². The van der Waals surface area contributed by atoms with Gasteiger partial charge in [-0.1, -0.05) is 11.6 Å². The monoisotopic (exact) mass is 369 g/mol. The van der Waals surface area contributed by atoms with E-state index < -0.39 is 5.97 Å². The number of hydrogen-bond acceptors (Lipinski definition) is 5. The summed E-state index contributed by atoms with van der Waals surface area (Å²) in [6, 6.07) is 4.55. The van der Waals surface area contributed by atoms with Crippen LogP contribution in [0.4, 0.5) is 10.5 Å². The van der Waals surface area contributed by atoms with Gasteiger partial charge in [0.15, 0.2) is 0 Å². The molecule has 0 unspecified atom stereocenters. The topological polar surface area (TPSA) is 79.9 Å². The minimum atomic E-state index is -0.558. The van der Waals surface area contributed by atoms with E-state index in [0.717, 1.165) is 13.1 Å². The molecule has 0 aliphatic carbocycles. The zero-order valence-electron chi connectivity index (χ0n) is 14.8. The number of benzene rings is 1. The number of hydrogen-bond donors (Lipinski definition) is 2. The molecule has 0 spiro atoms. The van der Waals surface area contributed by atoms with E-state index in [-0.39, 0.29) is 28.8 Å². The Morgan fingerprint density at radius 3 is 2.60 bits per heavy atom. The van der Waals surface area contributed by atoms with Crippen LogP contribution in [-0.4, -0.2) is 62.4 Å². The summed E-state index contributed by atoms with van der Waals surface area (Å²) in [5.41, 5.74) is 0.651. The van der Waals surface area contributed by atoms with Crippen LogP contribution in [0, 0.1) is 0 Å². The summed E-state index contributed by atoms with van der Waals surface area (Å²) in [7, 11) is 2.92. The van der Waals surface area contributed by atoms with Crippen molar-refractivity contribution in [2.24, 2.45) is 0 Å². The number of nitrogens with one attached hydrogen (secondary N) is 2. The van der Waals surface area contributed by atoms with Crippen LogP contribution in [-0.2, 0) is 9.47 Å². The van der Waals surface area contributed by atoms with Crippen LogP contribution in [0.25, 0.3) is 0 Å². The molecule has 2 rings (SSSR count). The van der Waals surface area contributed by atoms with Gasteiger partial charge in [-0.25, -0.2) is 9.59 Å². The summed E-state index contributed by atoms with van der Waals surface area (Å²) in [5.74, 6) is -0.558. The quantitative estimate of drug-likeness (QED) is 0.779. The normalized spacial score (nSPS) is 20.6. The van der Waals surface area contributed by atoms with Gasteiger partial charge in [0.1, 0.15) is 0 Å². The van der Waals surface area contributed by atoms with Crippen molar-refractivity contribution in [1.82, 2.24) is 10.2 Å². The second-order valence-corrected chi connectivity index (χ2v) is 6.62. The SMILES string of the molecule is COC(=O)c1cc(NC(=O)N[C@H]2CN(C(C)C)C[C@@H]2OC)ccc1Cl. The molecule has 1 aliphatic heterocycles. The first-order chi connectivity index (χ1) is 11.8. The Hall–Kier alpha value is -1.83. The minimum Gasteiger partial charge on any atom is -0.465 e. The summed E-state index contributed by atoms with van der Waals surface area (Å²) in [5, 5.41) is 5.90. The van der Waals surface area contributed by atoms with E-state index in [0.29, 0.717) is 11.7 Å². The Bertz CT molecular complexity index is 638. The molecule has 1 heterocycles. The Balaban J connectivity index is 2.01. The molecule has 1 aliphatic rings. The van der Waals surface area contributed by atoms with E-state index in [1.165, 1.54) is 19.2 Å². The van der Waals surface area contributed by atoms with E-state index in [1.807, 2.05) is 0 Å². The van der Waals surface area contributed by atoms with Crippen molar-refractivity contribution in [2.45, 2.75) is 32.0 Å². The fourth-order valence-electron chi connectivity index (χ4n) is 2.81. The van der Waals surface area contributed by atoms with Crippen LogP contribution in [0.3, 0.4) is 0 Å². The molecular weight excluding hydrogens is 346 g/mol. The summed E-state index contributed by atoms with van der Waals surface area (Å²) in [4.78, 5) is 26.2. The molecule has 2 amide bonds. The van der Waals surface area contributed by atoms with E-state index in [2.05, 4.69) is 34.1 Å². The van der Waals surface area contributed by atoms with Crippen LogP contribution < -0.4 is 10.6 Å². The Morgan fingerprint density at radius 2 is 2.00 bits per heavy atom. The van der Waals surface area contributed by atoms with Crippen molar-refractivity contribution in [3.63, 3.8) is 0 Å². The molecule has 1 aromatic rings. The maximum atomic E-state index is 12.3. The highest BCUT2D eigenvalue weighted by molar-refractivity contribution is 6.33. The molecule has 0 bridgehead atoms. The average Bonchev–Trinajstić information content (AvgIpc) is 2.99. The highest BCUT2D eigenvalue weighted by Gasteiger charge is 2.34. The predicted octanol–water partition coefficient (Wildman–Crippen LogP) is 2.36. The van der Waals surface area contributed by atoms with E-state index >= 15 is 0 Å². The number of halogens is 1. The maximum absolute atomic E-state index is 12.3. The number of nitrogens with zero attached hydrogens (tertiary/aromatic N) is 1. The third-order valence-electron chi connectivity index (χ3n) is 4.27. The lowest BCUT2D eigenvalue weighted by atomic mass is 10.2. The fraction of sp³-hybridized carbons (Fsp3) is 0.529. The number of urea groups is 1. The molecule has 2 N–H and O–H groups in total. The summed E-state index contributed by atoms with van der Waals surface area (Å²) >= 11 is 5.98. The van der Waals surface area contributed by atoms with Crippen molar-refractivity contribution in [3.8, 4) is 0 Å². The largest absolute Gasteiger partial charge is 0.465 e. The van der Waals surface area contributed by atoms with Gasteiger partial charge < -0.3 is 20.1 Å². The number of esters is 1. The molecule has 0 saturated carbocycles. The summed E-state index contributed by atoms with van der Waals surface area (Å²) in [6.45, 7) is 5.71. The molecule has 7 nitrogen and oxygen atoms in total. The number of anilines is 1. The third-order valence-corrected chi connectivity index (χ3v) is 4.60. The second-order valence-electron chi connectivity index (χ2n) is 6.21. The molecule has 0 aromatic heterocycles. The second kappa shape index (κ2) is 8.51. The number of rotatable bonds is 5. The number of carbonyl (C=O) groups is 2. The summed E-state index contributed by atoms with van der Waals surface area (Å²) < 4.78 is 10.1. The van der Waals surface area contributed by atoms with Crippen molar-refractivity contribution < 1.29 is 19.1 Å². The molecule has 1 aromatic carbocycles. The van der Waals surface area contributed by atoms with Gasteiger partial charge in [0, 0.05) is 31.9 Å². The lowest BCUT2D eigenvalue weighted by Crippen LogP contribution is -2.45. The van der Waals surface area contributed by atoms with Gasteiger partial charge in [-0.15, -0.1) is 0 Å². The molecule has 8 heteroatoms. The Morgan fingerprint density at radius 1 is 1.28 bits per heavy atom. The summed E-state index contributed by atoms with van der Waals surface area (Å²) in [6.07, 6.45) is -0.0657. The van der Waals surface area contributed by atoms with Crippen LogP contribution >= 0.6 is 11.6 Å². The standard InChI is InChI=1S/C17H24ClN3O4/c1-10(2)21-8-14(15(9-21)24-3)20-17(23)19-11-5-6-13(18)12(7-11)16(22)25-4/h5-7,10,14-15H,8-9H2,1-4H3,(H2,19,20,23)/t14-,15-/m0/s1. The van der Waals surface area contributed by atoms with E-state index in [4.69, 9.17) is 16.3 Å². The van der Waals surface area contributed by atoms with Gasteiger partial charge >= 0.3 is 12.0 Å². The highest BCUT2D eigenvalue weighted by Crippen LogP contribution is 2.22. The van der Waals surface area contributed by atoms with Gasteiger partial charge in [-0.05, 0) is 32.0 Å². The highest BCUT2D eigenvalue weighted by atomic mass is 35.5. The minimum absolute atomic E-state index is 0.0657. The molecule has 2 atom stereocenters. The Kier molecular flexibility index (Phi) is 6.64. The fourth-order valence-corrected chi connectivity index (χ4v) is 3.00. The van der Waals surface area contributed by atoms with Crippen molar-refractivity contribution in [2.75, 3.05) is 32.6 Å². The molecule has 1 saturated heterocycles. The van der Waals surface area contributed by atoms with Crippen molar-refractivity contribution in [3.05, 3.63) is 28.8 Å². The molecule has 138 valence electrons. The average molecular weight is 370 g/mol. The van der Waals surface area contributed by atoms with Crippen LogP contribution in [0.2, 0.25) is 5.02 Å². The predicted molar refractivity (Wildman–Crippen MR) is 96.2 cm³/mol. The van der Waals surface area contributed by atoms with Crippen LogP contribution in [0.5, 0.6) is 0 Å². The van der Waals surface area contributed by atoms with Gasteiger partial charge in [0.2, 0.25) is 0 Å². The third kappa shape index (κ3) is 4.84. The number of methoxy groups -OCH3 is 2. The van der Waals surface area contributed by atoms with E-state index in [1.54, 1.807) is 13.2 Å². The van der Waals surface area contributed by atoms with Crippen molar-refractivity contribution >= 4 is 29.3 Å². The van der Waals surface area contributed by atoms with Gasteiger partial charge in [-0.3, -0.25) is 4.90 Å².